The molecule has 1 fully saturated rings. The Labute approximate surface area is 74.7 Å². The highest BCUT2D eigenvalue weighted by atomic mass is 16.7. The molecule has 0 aromatic carbocycles. The monoisotopic (exact) mass is 192 g/mol. The lowest BCUT2D eigenvalue weighted by Gasteiger charge is -2.33. The molecule has 1 rings (SSSR count). The number of carboxylic acids is 1. The Kier molecular flexibility index (Phi) is 3.21. The van der Waals surface area contributed by atoms with Gasteiger partial charge in [-0.1, -0.05) is 0 Å². The van der Waals surface area contributed by atoms with Gasteiger partial charge in [-0.2, -0.15) is 0 Å². The molecule has 0 spiro atoms. The highest BCUT2D eigenvalue weighted by Gasteiger charge is 2.40. The molecule has 76 valence electrons. The van der Waals surface area contributed by atoms with Gasteiger partial charge in [0.1, 0.15) is 6.10 Å². The third-order valence-electron chi connectivity index (χ3n) is 1.94. The van der Waals surface area contributed by atoms with E-state index in [9.17, 15) is 15.0 Å². The van der Waals surface area contributed by atoms with Crippen LogP contribution in [0.15, 0.2) is 0 Å². The average Bonchev–Trinajstić information content (AvgIpc) is 2.09. The molecule has 0 amide bonds. The third-order valence-corrected chi connectivity index (χ3v) is 1.94. The predicted octanol–water partition coefficient (Wildman–Crippen LogP) is -1.45. The van der Waals surface area contributed by atoms with E-state index < -0.39 is 30.6 Å². The van der Waals surface area contributed by atoms with Gasteiger partial charge < -0.3 is 24.8 Å². The van der Waals surface area contributed by atoms with Crippen LogP contribution in [-0.2, 0) is 14.3 Å². The van der Waals surface area contributed by atoms with Gasteiger partial charge in [-0.3, -0.25) is 0 Å². The van der Waals surface area contributed by atoms with Crippen LogP contribution in [0.25, 0.3) is 0 Å². The van der Waals surface area contributed by atoms with E-state index in [1.807, 2.05) is 0 Å². The van der Waals surface area contributed by atoms with E-state index in [0.717, 1.165) is 0 Å². The third kappa shape index (κ3) is 2.16. The highest BCUT2D eigenvalue weighted by molar-refractivity contribution is 5.73. The van der Waals surface area contributed by atoms with E-state index in [-0.39, 0.29) is 6.42 Å². The van der Waals surface area contributed by atoms with Gasteiger partial charge in [-0.15, -0.1) is 0 Å². The lowest BCUT2D eigenvalue weighted by atomic mass is 10.0. The molecule has 3 N–H and O–H groups in total. The Morgan fingerprint density at radius 3 is 2.62 bits per heavy atom. The summed E-state index contributed by atoms with van der Waals surface area (Å²) in [4.78, 5) is 10.5. The van der Waals surface area contributed by atoms with Crippen LogP contribution in [-0.4, -0.2) is 53.0 Å². The summed E-state index contributed by atoms with van der Waals surface area (Å²) in [6.07, 6.45) is -4.65. The molecular weight excluding hydrogens is 180 g/mol. The van der Waals surface area contributed by atoms with Crippen molar-refractivity contribution < 1.29 is 29.6 Å². The number of aliphatic hydroxyl groups is 2. The number of aliphatic carboxylic acids is 1. The number of hydrogen-bond acceptors (Lipinski definition) is 5. The summed E-state index contributed by atoms with van der Waals surface area (Å²) < 4.78 is 9.58. The molecule has 6 nitrogen and oxygen atoms in total. The van der Waals surface area contributed by atoms with Crippen LogP contribution in [0.4, 0.5) is 0 Å². The first-order chi connectivity index (χ1) is 6.06. The Morgan fingerprint density at radius 1 is 1.54 bits per heavy atom. The minimum atomic E-state index is -1.42. The first-order valence-electron chi connectivity index (χ1n) is 3.83. The number of carboxylic acid groups (broad SMARTS) is 1. The lowest BCUT2D eigenvalue weighted by molar-refractivity contribution is -0.244. The van der Waals surface area contributed by atoms with Crippen LogP contribution in [0.1, 0.15) is 6.42 Å². The molecule has 0 aromatic rings. The lowest BCUT2D eigenvalue weighted by Crippen LogP contribution is -2.52. The Hall–Kier alpha value is -0.690. The van der Waals surface area contributed by atoms with Crippen molar-refractivity contribution >= 4 is 5.97 Å². The summed E-state index contributed by atoms with van der Waals surface area (Å²) >= 11 is 0. The Morgan fingerprint density at radius 2 is 2.15 bits per heavy atom. The molecule has 4 atom stereocenters. The van der Waals surface area contributed by atoms with E-state index in [1.54, 1.807) is 0 Å². The number of ether oxygens (including phenoxy) is 2. The largest absolute Gasteiger partial charge is 0.479 e. The summed E-state index contributed by atoms with van der Waals surface area (Å²) in [7, 11) is 1.34. The maximum Gasteiger partial charge on any atom is 0.335 e. The summed E-state index contributed by atoms with van der Waals surface area (Å²) in [5.41, 5.74) is 0. The molecule has 1 heterocycles. The number of methoxy groups -OCH3 is 1. The molecule has 0 unspecified atom stereocenters. The highest BCUT2D eigenvalue weighted by Crippen LogP contribution is 2.20. The smallest absolute Gasteiger partial charge is 0.335 e. The zero-order valence-electron chi connectivity index (χ0n) is 7.08. The topological polar surface area (TPSA) is 96.2 Å². The Bertz CT molecular complexity index is 193. The van der Waals surface area contributed by atoms with E-state index in [4.69, 9.17) is 14.6 Å². The summed E-state index contributed by atoms with van der Waals surface area (Å²) in [5.74, 6) is -1.31. The number of rotatable bonds is 2. The molecular formula is C7H12O6. The van der Waals surface area contributed by atoms with Gasteiger partial charge in [-0.05, 0) is 0 Å². The zero-order valence-corrected chi connectivity index (χ0v) is 7.08. The molecule has 13 heavy (non-hydrogen) atoms. The quantitative estimate of drug-likeness (QED) is 0.495. The number of aliphatic hydroxyl groups excluding tert-OH is 2. The van der Waals surface area contributed by atoms with E-state index >= 15 is 0 Å². The molecule has 1 aliphatic heterocycles. The van der Waals surface area contributed by atoms with Gasteiger partial charge in [0.25, 0.3) is 0 Å². The van der Waals surface area contributed by atoms with Crippen LogP contribution in [0, 0.1) is 0 Å². The van der Waals surface area contributed by atoms with Crippen molar-refractivity contribution in [3.8, 4) is 0 Å². The minimum Gasteiger partial charge on any atom is -0.479 e. The molecule has 1 aliphatic rings. The fraction of sp³-hybridized carbons (Fsp3) is 0.857. The molecule has 0 radical (unpaired) electrons. The van der Waals surface area contributed by atoms with Crippen LogP contribution in [0.5, 0.6) is 0 Å². The summed E-state index contributed by atoms with van der Waals surface area (Å²) in [5, 5.41) is 27.0. The molecule has 0 bridgehead atoms. The second-order valence-corrected chi connectivity index (χ2v) is 2.85. The SMILES string of the molecule is CO[C@H]1C[C@@H](O)[C@H](O)[C@@H](C(=O)O)O1. The first kappa shape index (κ1) is 10.4. The predicted molar refractivity (Wildman–Crippen MR) is 39.9 cm³/mol. The van der Waals surface area contributed by atoms with Crippen molar-refractivity contribution in [1.29, 1.82) is 0 Å². The van der Waals surface area contributed by atoms with Crippen LogP contribution in [0.2, 0.25) is 0 Å². The molecule has 0 aliphatic carbocycles. The van der Waals surface area contributed by atoms with Crippen molar-refractivity contribution in [2.24, 2.45) is 0 Å². The number of carbonyl (C=O) groups is 1. The van der Waals surface area contributed by atoms with Crippen molar-refractivity contribution in [1.82, 2.24) is 0 Å². The van der Waals surface area contributed by atoms with E-state index in [0.29, 0.717) is 0 Å². The maximum atomic E-state index is 10.5. The van der Waals surface area contributed by atoms with Crippen molar-refractivity contribution in [2.75, 3.05) is 7.11 Å². The molecule has 0 aromatic heterocycles. The van der Waals surface area contributed by atoms with Gasteiger partial charge >= 0.3 is 5.97 Å². The van der Waals surface area contributed by atoms with Crippen LogP contribution >= 0.6 is 0 Å². The van der Waals surface area contributed by atoms with Crippen LogP contribution in [0.3, 0.4) is 0 Å². The molecule has 1 saturated heterocycles. The average molecular weight is 192 g/mol. The van der Waals surface area contributed by atoms with Crippen molar-refractivity contribution in [2.45, 2.75) is 31.0 Å². The van der Waals surface area contributed by atoms with Gasteiger partial charge in [0.15, 0.2) is 12.4 Å². The summed E-state index contributed by atoms with van der Waals surface area (Å²) in [6.45, 7) is 0. The maximum absolute atomic E-state index is 10.5. The first-order valence-corrected chi connectivity index (χ1v) is 3.83. The van der Waals surface area contributed by atoms with E-state index in [1.165, 1.54) is 7.11 Å². The molecule has 0 saturated carbocycles. The Balaban J connectivity index is 2.66. The van der Waals surface area contributed by atoms with Gasteiger partial charge in [-0.25, -0.2) is 4.79 Å². The van der Waals surface area contributed by atoms with E-state index in [2.05, 4.69) is 0 Å². The second-order valence-electron chi connectivity index (χ2n) is 2.85. The second kappa shape index (κ2) is 4.01. The fourth-order valence-corrected chi connectivity index (χ4v) is 1.19. The zero-order chi connectivity index (χ0) is 10.0. The van der Waals surface area contributed by atoms with Gasteiger partial charge in [0.2, 0.25) is 0 Å². The van der Waals surface area contributed by atoms with Crippen LogP contribution < -0.4 is 0 Å². The summed E-state index contributed by atoms with van der Waals surface area (Å²) in [6, 6.07) is 0. The number of hydrogen-bond donors (Lipinski definition) is 3. The molecule has 6 heteroatoms. The van der Waals surface area contributed by atoms with Crippen molar-refractivity contribution in [3.63, 3.8) is 0 Å². The van der Waals surface area contributed by atoms with Crippen molar-refractivity contribution in [3.05, 3.63) is 0 Å². The normalized spacial score (nSPS) is 40.2. The fourth-order valence-electron chi connectivity index (χ4n) is 1.19. The van der Waals surface area contributed by atoms with Gasteiger partial charge in [0.05, 0.1) is 6.10 Å². The standard InChI is InChI=1S/C7H12O6/c1-12-4-2-3(8)5(9)6(13-4)7(10)11/h3-6,8-9H,2H2,1H3,(H,10,11)/t3-,4-,5+,6+/m1/s1. The van der Waals surface area contributed by atoms with Gasteiger partial charge in [0, 0.05) is 13.5 Å². The minimum absolute atomic E-state index is 0.0709.